The molecule has 212 valence electrons. The summed E-state index contributed by atoms with van der Waals surface area (Å²) in [4.78, 5) is 29.5. The number of primary amides is 1. The molecule has 39 heavy (non-hydrogen) atoms. The lowest BCUT2D eigenvalue weighted by Crippen LogP contribution is -2.67. The molecule has 0 spiro atoms. The third-order valence-electron chi connectivity index (χ3n) is 7.96. The van der Waals surface area contributed by atoms with Gasteiger partial charge in [-0.3, -0.25) is 14.5 Å². The van der Waals surface area contributed by atoms with Crippen molar-refractivity contribution in [3.63, 3.8) is 0 Å². The molecule has 3 aliphatic carbocycles. The van der Waals surface area contributed by atoms with Crippen LogP contribution in [0, 0.1) is 28.5 Å². The van der Waals surface area contributed by atoms with E-state index in [2.05, 4.69) is 20.8 Å². The summed E-state index contributed by atoms with van der Waals surface area (Å²) in [6.45, 7) is 7.05. The number of aliphatic hydroxyl groups excluding tert-OH is 2. The number of nitrogens with one attached hydrogen (secondary N) is 1. The molecule has 1 aromatic rings. The van der Waals surface area contributed by atoms with Gasteiger partial charge in [0.25, 0.3) is 5.91 Å². The number of benzene rings is 1. The van der Waals surface area contributed by atoms with Crippen molar-refractivity contribution < 1.29 is 34.4 Å². The van der Waals surface area contributed by atoms with Crippen molar-refractivity contribution >= 4 is 23.2 Å². The van der Waals surface area contributed by atoms with Crippen LogP contribution in [0.3, 0.4) is 0 Å². The number of hydrogen-bond donors (Lipinski definition) is 6. The Labute approximate surface area is 226 Å². The SMILES string of the molecule is CN(Cc1cc2c(c(O)c1F)C(O)=C1C(=O)[C@]3(O)C(=N)C(C(N)=O)=C(O)[C@@H](N(C)C)[C@@H]3C[C@@H]1C2)CC(C)(C)C. The van der Waals surface area contributed by atoms with Crippen LogP contribution in [0.5, 0.6) is 5.75 Å². The highest BCUT2D eigenvalue weighted by atomic mass is 19.1. The average molecular weight is 545 g/mol. The fraction of sp³-hybridized carbons (Fsp3) is 0.536. The van der Waals surface area contributed by atoms with Gasteiger partial charge in [0.1, 0.15) is 17.1 Å². The number of aliphatic hydroxyl groups is 3. The Bertz CT molecular complexity index is 1340. The topological polar surface area (TPSA) is 171 Å². The summed E-state index contributed by atoms with van der Waals surface area (Å²) in [5.74, 6) is -6.79. The van der Waals surface area contributed by atoms with Gasteiger partial charge in [0, 0.05) is 30.1 Å². The van der Waals surface area contributed by atoms with E-state index in [0.717, 1.165) is 0 Å². The van der Waals surface area contributed by atoms with Gasteiger partial charge in [-0.05, 0) is 50.9 Å². The van der Waals surface area contributed by atoms with Crippen LogP contribution in [0.4, 0.5) is 4.39 Å². The molecule has 11 heteroatoms. The molecule has 4 atom stereocenters. The zero-order valence-corrected chi connectivity index (χ0v) is 23.1. The van der Waals surface area contributed by atoms with Gasteiger partial charge in [0.05, 0.1) is 17.3 Å². The molecule has 0 heterocycles. The van der Waals surface area contributed by atoms with E-state index in [9.17, 15) is 30.0 Å². The summed E-state index contributed by atoms with van der Waals surface area (Å²) in [6.07, 6.45) is 0.206. The summed E-state index contributed by atoms with van der Waals surface area (Å²) >= 11 is 0. The number of carbonyl (C=O) groups excluding carboxylic acids is 2. The van der Waals surface area contributed by atoms with Crippen molar-refractivity contribution in [2.75, 3.05) is 27.7 Å². The number of aromatic hydroxyl groups is 1. The van der Waals surface area contributed by atoms with Crippen molar-refractivity contribution in [1.82, 2.24) is 9.80 Å². The van der Waals surface area contributed by atoms with E-state index in [1.165, 1.54) is 4.90 Å². The third kappa shape index (κ3) is 4.42. The molecule has 10 nitrogen and oxygen atoms in total. The van der Waals surface area contributed by atoms with E-state index < -0.39 is 69.5 Å². The number of rotatable bonds is 5. The molecular weight excluding hydrogens is 507 g/mol. The van der Waals surface area contributed by atoms with E-state index in [1.54, 1.807) is 20.2 Å². The summed E-state index contributed by atoms with van der Waals surface area (Å²) in [5.41, 5.74) is 1.49. The van der Waals surface area contributed by atoms with Crippen molar-refractivity contribution in [1.29, 1.82) is 5.41 Å². The molecule has 0 radical (unpaired) electrons. The lowest BCUT2D eigenvalue weighted by molar-refractivity contribution is -0.138. The molecule has 0 saturated heterocycles. The number of amides is 1. The summed E-state index contributed by atoms with van der Waals surface area (Å²) in [5, 5.41) is 53.2. The van der Waals surface area contributed by atoms with E-state index in [4.69, 9.17) is 11.1 Å². The van der Waals surface area contributed by atoms with Gasteiger partial charge in [-0.2, -0.15) is 0 Å². The summed E-state index contributed by atoms with van der Waals surface area (Å²) in [7, 11) is 5.04. The van der Waals surface area contributed by atoms with Crippen molar-refractivity contribution in [3.8, 4) is 5.75 Å². The van der Waals surface area contributed by atoms with Crippen LogP contribution in [0.25, 0.3) is 5.76 Å². The van der Waals surface area contributed by atoms with Gasteiger partial charge in [-0.25, -0.2) is 4.39 Å². The average Bonchev–Trinajstić information content (AvgIpc) is 2.77. The normalized spacial score (nSPS) is 27.2. The number of carbonyl (C=O) groups is 2. The number of phenols is 1. The smallest absolute Gasteiger partial charge is 0.254 e. The second-order valence-corrected chi connectivity index (χ2v) is 12.5. The summed E-state index contributed by atoms with van der Waals surface area (Å²) in [6, 6.07) is 0.570. The Hall–Kier alpha value is -3.28. The molecule has 1 aromatic carbocycles. The fourth-order valence-electron chi connectivity index (χ4n) is 6.66. The van der Waals surface area contributed by atoms with Gasteiger partial charge >= 0.3 is 0 Å². The number of likely N-dealkylation sites (N-methyl/N-ethyl adjacent to an activating group) is 1. The minimum atomic E-state index is -2.58. The Morgan fingerprint density at radius 1 is 1.23 bits per heavy atom. The van der Waals surface area contributed by atoms with Crippen molar-refractivity contribution in [3.05, 3.63) is 45.5 Å². The lowest BCUT2D eigenvalue weighted by atomic mass is 9.57. The number of Topliss-reactive ketones (excluding diaryl/α,β-unsaturated/α-hetero) is 1. The van der Waals surface area contributed by atoms with Gasteiger partial charge in [0.2, 0.25) is 5.78 Å². The molecule has 7 N–H and O–H groups in total. The quantitative estimate of drug-likeness (QED) is 0.327. The number of phenolic OH excluding ortho intramolecular Hbond substituents is 1. The first-order chi connectivity index (χ1) is 17.9. The van der Waals surface area contributed by atoms with Crippen LogP contribution < -0.4 is 5.73 Å². The van der Waals surface area contributed by atoms with E-state index in [-0.39, 0.29) is 41.5 Å². The van der Waals surface area contributed by atoms with Crippen LogP contribution in [-0.2, 0) is 22.6 Å². The van der Waals surface area contributed by atoms with Crippen LogP contribution in [0.15, 0.2) is 23.0 Å². The van der Waals surface area contributed by atoms with Crippen molar-refractivity contribution in [2.45, 2.75) is 51.8 Å². The van der Waals surface area contributed by atoms with Gasteiger partial charge in [-0.1, -0.05) is 26.8 Å². The Morgan fingerprint density at radius 2 is 1.85 bits per heavy atom. The molecule has 0 unspecified atom stereocenters. The van der Waals surface area contributed by atoms with Gasteiger partial charge < -0.3 is 36.5 Å². The molecule has 3 aliphatic rings. The van der Waals surface area contributed by atoms with Gasteiger partial charge in [-0.15, -0.1) is 0 Å². The molecule has 0 aliphatic heterocycles. The highest BCUT2D eigenvalue weighted by Gasteiger charge is 2.63. The molecular formula is C28H37FN4O6. The molecule has 1 fully saturated rings. The lowest BCUT2D eigenvalue weighted by Gasteiger charge is -2.51. The van der Waals surface area contributed by atoms with Crippen LogP contribution in [0.2, 0.25) is 0 Å². The standard InChI is InChI=1S/C28H37FN4O6/c1-27(2,3)11-33(6)10-14-8-12-7-13-9-15-20(32(4)5)23(36)18(26(31)38)24(30)28(15,39)25(37)17(13)21(34)16(12)22(35)19(14)29/h8,13,15,20,30,34-36,39H,7,9-11H2,1-6H3,(H2,31,38)/t13-,15-,20-,28+/m0/s1. The first-order valence-electron chi connectivity index (χ1n) is 12.8. The second kappa shape index (κ2) is 9.42. The van der Waals surface area contributed by atoms with Crippen molar-refractivity contribution in [2.24, 2.45) is 23.0 Å². The fourth-order valence-corrected chi connectivity index (χ4v) is 6.66. The largest absolute Gasteiger partial charge is 0.510 e. The van der Waals surface area contributed by atoms with E-state index in [0.29, 0.717) is 12.1 Å². The maximum absolute atomic E-state index is 15.3. The second-order valence-electron chi connectivity index (χ2n) is 12.5. The third-order valence-corrected chi connectivity index (χ3v) is 7.96. The predicted molar refractivity (Wildman–Crippen MR) is 143 cm³/mol. The number of ketones is 1. The molecule has 1 saturated carbocycles. The molecule has 4 rings (SSSR count). The minimum Gasteiger partial charge on any atom is -0.510 e. The monoisotopic (exact) mass is 544 g/mol. The summed E-state index contributed by atoms with van der Waals surface area (Å²) < 4.78 is 15.3. The minimum absolute atomic E-state index is 0.0400. The molecule has 0 aromatic heterocycles. The zero-order valence-electron chi connectivity index (χ0n) is 23.1. The first-order valence-corrected chi connectivity index (χ1v) is 12.8. The molecule has 0 bridgehead atoms. The number of fused-ring (bicyclic) bond motifs is 3. The van der Waals surface area contributed by atoms with Crippen LogP contribution >= 0.6 is 0 Å². The van der Waals surface area contributed by atoms with E-state index in [1.807, 2.05) is 11.9 Å². The van der Waals surface area contributed by atoms with E-state index >= 15 is 4.39 Å². The van der Waals surface area contributed by atoms with Gasteiger partial charge in [0.15, 0.2) is 17.2 Å². The van der Waals surface area contributed by atoms with Crippen LogP contribution in [0.1, 0.15) is 43.9 Å². The zero-order chi connectivity index (χ0) is 29.4. The number of nitrogens with two attached hydrogens (primary N) is 1. The maximum atomic E-state index is 15.3. The molecule has 1 amide bonds. The number of nitrogens with zero attached hydrogens (tertiary/aromatic N) is 2. The predicted octanol–water partition coefficient (Wildman–Crippen LogP) is 2.03. The highest BCUT2D eigenvalue weighted by Crippen LogP contribution is 2.52. The number of hydrogen-bond acceptors (Lipinski definition) is 9. The Morgan fingerprint density at radius 3 is 2.38 bits per heavy atom. The number of halogens is 1. The highest BCUT2D eigenvalue weighted by molar-refractivity contribution is 6.33. The van der Waals surface area contributed by atoms with Crippen LogP contribution in [-0.4, -0.2) is 87.0 Å². The Balaban J connectivity index is 1.84. The first kappa shape index (κ1) is 28.7. The Kier molecular flexibility index (Phi) is 6.94. The maximum Gasteiger partial charge on any atom is 0.254 e.